The van der Waals surface area contributed by atoms with E-state index in [0.29, 0.717) is 11.1 Å². The summed E-state index contributed by atoms with van der Waals surface area (Å²) in [7, 11) is 0. The molecule has 4 heteroatoms. The molecule has 0 aliphatic rings. The van der Waals surface area contributed by atoms with Crippen LogP contribution < -0.4 is 5.73 Å². The van der Waals surface area contributed by atoms with E-state index in [1.165, 1.54) is 0 Å². The van der Waals surface area contributed by atoms with E-state index in [1.807, 2.05) is 0 Å². The van der Waals surface area contributed by atoms with Crippen LogP contribution in [0.2, 0.25) is 0 Å². The largest absolute Gasteiger partial charge is 0.369 e. The molecule has 1 amide bonds. The van der Waals surface area contributed by atoms with E-state index >= 15 is 0 Å². The number of primary amides is 1. The molecule has 4 nitrogen and oxygen atoms in total. The highest BCUT2D eigenvalue weighted by Gasteiger charge is 2.33. The summed E-state index contributed by atoms with van der Waals surface area (Å²) in [4.78, 5) is 36.1. The molecule has 0 spiro atoms. The van der Waals surface area contributed by atoms with Crippen LogP contribution in [-0.2, 0) is 4.79 Å². The summed E-state index contributed by atoms with van der Waals surface area (Å²) in [5.74, 6) is -3.58. The van der Waals surface area contributed by atoms with Gasteiger partial charge in [-0.2, -0.15) is 0 Å². The lowest BCUT2D eigenvalue weighted by Gasteiger charge is -2.11. The van der Waals surface area contributed by atoms with E-state index in [9.17, 15) is 14.4 Å². The molecule has 2 aromatic carbocycles. The first kappa shape index (κ1) is 13.7. The number of benzene rings is 2. The Kier molecular flexibility index (Phi) is 4.05. The maximum atomic E-state index is 12.3. The zero-order valence-electron chi connectivity index (χ0n) is 10.7. The number of ketones is 2. The molecule has 0 aromatic heterocycles. The maximum Gasteiger partial charge on any atom is 0.236 e. The lowest BCUT2D eigenvalue weighted by Crippen LogP contribution is -2.36. The Bertz CT molecular complexity index is 584. The fraction of sp³-hybridized carbons (Fsp3) is 0.0625. The van der Waals surface area contributed by atoms with Crippen LogP contribution in [0.25, 0.3) is 0 Å². The molecule has 0 aliphatic heterocycles. The Balaban J connectivity index is 2.36. The topological polar surface area (TPSA) is 77.2 Å². The van der Waals surface area contributed by atoms with Crippen molar-refractivity contribution in [3.8, 4) is 0 Å². The molecule has 0 atom stereocenters. The Hall–Kier alpha value is -2.75. The summed E-state index contributed by atoms with van der Waals surface area (Å²) in [5.41, 5.74) is 5.82. The van der Waals surface area contributed by atoms with Crippen LogP contribution >= 0.6 is 0 Å². The molecule has 0 saturated heterocycles. The zero-order valence-corrected chi connectivity index (χ0v) is 10.7. The molecule has 20 heavy (non-hydrogen) atoms. The second kappa shape index (κ2) is 5.93. The van der Waals surface area contributed by atoms with Crippen molar-refractivity contribution in [1.29, 1.82) is 0 Å². The standard InChI is InChI=1S/C16H13NO3/c17-16(20)13(14(18)11-7-3-1-4-8-11)15(19)12-9-5-2-6-10-12/h1-10,13H,(H2,17,20). The van der Waals surface area contributed by atoms with Crippen LogP contribution in [0.3, 0.4) is 0 Å². The fourth-order valence-corrected chi connectivity index (χ4v) is 1.92. The monoisotopic (exact) mass is 267 g/mol. The predicted octanol–water partition coefficient (Wildman–Crippen LogP) is 1.85. The molecular weight excluding hydrogens is 254 g/mol. The van der Waals surface area contributed by atoms with E-state index in [-0.39, 0.29) is 0 Å². The maximum absolute atomic E-state index is 12.3. The minimum atomic E-state index is -1.49. The first-order chi connectivity index (χ1) is 9.61. The van der Waals surface area contributed by atoms with Gasteiger partial charge in [0.05, 0.1) is 0 Å². The quantitative estimate of drug-likeness (QED) is 0.663. The molecule has 0 heterocycles. The molecule has 0 unspecified atom stereocenters. The molecule has 0 fully saturated rings. The summed E-state index contributed by atoms with van der Waals surface area (Å²) < 4.78 is 0. The van der Waals surface area contributed by atoms with Crippen LogP contribution in [0.15, 0.2) is 60.7 Å². The van der Waals surface area contributed by atoms with Crippen molar-refractivity contribution < 1.29 is 14.4 Å². The third kappa shape index (κ3) is 2.80. The minimum Gasteiger partial charge on any atom is -0.369 e. The van der Waals surface area contributed by atoms with Crippen molar-refractivity contribution in [3.63, 3.8) is 0 Å². The van der Waals surface area contributed by atoms with Gasteiger partial charge in [0.2, 0.25) is 5.91 Å². The lowest BCUT2D eigenvalue weighted by molar-refractivity contribution is -0.119. The van der Waals surface area contributed by atoms with Crippen molar-refractivity contribution in [2.45, 2.75) is 0 Å². The summed E-state index contributed by atoms with van der Waals surface area (Å²) in [6, 6.07) is 16.4. The molecule has 100 valence electrons. The van der Waals surface area contributed by atoms with Gasteiger partial charge in [0.25, 0.3) is 0 Å². The SMILES string of the molecule is NC(=O)C(C(=O)c1ccccc1)C(=O)c1ccccc1. The van der Waals surface area contributed by atoms with Crippen LogP contribution in [-0.4, -0.2) is 17.5 Å². The molecule has 0 radical (unpaired) electrons. The average molecular weight is 267 g/mol. The summed E-state index contributed by atoms with van der Waals surface area (Å²) in [5, 5.41) is 0. The molecule has 2 rings (SSSR count). The van der Waals surface area contributed by atoms with Gasteiger partial charge in [-0.05, 0) is 0 Å². The van der Waals surface area contributed by atoms with Gasteiger partial charge in [0.15, 0.2) is 17.5 Å². The van der Waals surface area contributed by atoms with Crippen molar-refractivity contribution in [3.05, 3.63) is 71.8 Å². The van der Waals surface area contributed by atoms with Crippen LogP contribution in [0, 0.1) is 5.92 Å². The number of hydrogen-bond donors (Lipinski definition) is 1. The second-order valence-corrected chi connectivity index (χ2v) is 4.30. The highest BCUT2D eigenvalue weighted by molar-refractivity contribution is 6.27. The fourth-order valence-electron chi connectivity index (χ4n) is 1.92. The normalized spacial score (nSPS) is 10.2. The summed E-state index contributed by atoms with van der Waals surface area (Å²) in [6.07, 6.45) is 0. The molecule has 0 bridgehead atoms. The van der Waals surface area contributed by atoms with E-state index in [1.54, 1.807) is 60.7 Å². The molecule has 2 aromatic rings. The molecular formula is C16H13NO3. The van der Waals surface area contributed by atoms with Crippen LogP contribution in [0.1, 0.15) is 20.7 Å². The van der Waals surface area contributed by atoms with Crippen LogP contribution in [0.5, 0.6) is 0 Å². The van der Waals surface area contributed by atoms with Crippen molar-refractivity contribution in [2.75, 3.05) is 0 Å². The van der Waals surface area contributed by atoms with Crippen LogP contribution in [0.4, 0.5) is 0 Å². The van der Waals surface area contributed by atoms with Gasteiger partial charge in [-0.25, -0.2) is 0 Å². The first-order valence-electron chi connectivity index (χ1n) is 6.09. The Labute approximate surface area is 116 Å². The van der Waals surface area contributed by atoms with Gasteiger partial charge in [-0.15, -0.1) is 0 Å². The Morgan fingerprint density at radius 2 is 1.05 bits per heavy atom. The number of amides is 1. The molecule has 0 aliphatic carbocycles. The van der Waals surface area contributed by atoms with E-state index in [4.69, 9.17) is 5.73 Å². The van der Waals surface area contributed by atoms with Gasteiger partial charge < -0.3 is 5.73 Å². The van der Waals surface area contributed by atoms with Crippen molar-refractivity contribution in [2.24, 2.45) is 11.7 Å². The third-order valence-corrected chi connectivity index (χ3v) is 2.93. The number of rotatable bonds is 5. The van der Waals surface area contributed by atoms with E-state index < -0.39 is 23.4 Å². The smallest absolute Gasteiger partial charge is 0.236 e. The summed E-state index contributed by atoms with van der Waals surface area (Å²) >= 11 is 0. The Morgan fingerprint density at radius 3 is 1.35 bits per heavy atom. The van der Waals surface area contributed by atoms with Crippen molar-refractivity contribution in [1.82, 2.24) is 0 Å². The van der Waals surface area contributed by atoms with Gasteiger partial charge in [-0.3, -0.25) is 14.4 Å². The predicted molar refractivity (Wildman–Crippen MR) is 74.2 cm³/mol. The minimum absolute atomic E-state index is 0.292. The Morgan fingerprint density at radius 1 is 0.700 bits per heavy atom. The van der Waals surface area contributed by atoms with Gasteiger partial charge in [0.1, 0.15) is 0 Å². The van der Waals surface area contributed by atoms with E-state index in [2.05, 4.69) is 0 Å². The average Bonchev–Trinajstić information content (AvgIpc) is 2.48. The van der Waals surface area contributed by atoms with E-state index in [0.717, 1.165) is 0 Å². The number of Topliss-reactive ketones (excluding diaryl/α,β-unsaturated/α-hetero) is 2. The number of hydrogen-bond acceptors (Lipinski definition) is 3. The molecule has 2 N–H and O–H groups in total. The highest BCUT2D eigenvalue weighted by atomic mass is 16.2. The molecule has 0 saturated carbocycles. The zero-order chi connectivity index (χ0) is 14.5. The number of carbonyl (C=O) groups is 3. The first-order valence-corrected chi connectivity index (χ1v) is 6.09. The summed E-state index contributed by atoms with van der Waals surface area (Å²) in [6.45, 7) is 0. The third-order valence-electron chi connectivity index (χ3n) is 2.93. The number of carbonyl (C=O) groups excluding carboxylic acids is 3. The van der Waals surface area contributed by atoms with Gasteiger partial charge in [-0.1, -0.05) is 60.7 Å². The second-order valence-electron chi connectivity index (χ2n) is 4.30. The van der Waals surface area contributed by atoms with Crippen molar-refractivity contribution >= 4 is 17.5 Å². The number of nitrogens with two attached hydrogens (primary N) is 1. The van der Waals surface area contributed by atoms with Gasteiger partial charge >= 0.3 is 0 Å². The highest BCUT2D eigenvalue weighted by Crippen LogP contribution is 2.15. The van der Waals surface area contributed by atoms with Gasteiger partial charge in [0, 0.05) is 11.1 Å². The lowest BCUT2D eigenvalue weighted by atomic mass is 9.89.